The Hall–Kier alpha value is -2.40. The molecule has 34 heavy (non-hydrogen) atoms. The number of carboxylic acids is 1. The van der Waals surface area contributed by atoms with Crippen molar-refractivity contribution in [2.45, 2.75) is 77.1 Å². The number of benzene rings is 1. The second-order valence-electron chi connectivity index (χ2n) is 9.33. The summed E-state index contributed by atoms with van der Waals surface area (Å²) in [5.41, 5.74) is 2.13. The van der Waals surface area contributed by atoms with Crippen molar-refractivity contribution in [2.24, 2.45) is 5.92 Å². The number of hydrogen-bond donors (Lipinski definition) is 3. The SMILES string of the molecule is CC(C)CN(c1ccc([C@H](C)CC(=O)O)cc1Nc1nc(C(F)(F)F)ns1)C1CCC(O)CC1. The monoisotopic (exact) mass is 500 g/mol. The van der Waals surface area contributed by atoms with E-state index in [1.165, 1.54) is 0 Å². The van der Waals surface area contributed by atoms with E-state index < -0.39 is 18.0 Å². The summed E-state index contributed by atoms with van der Waals surface area (Å²) in [5.74, 6) is -2.08. The summed E-state index contributed by atoms with van der Waals surface area (Å²) in [6, 6.07) is 5.74. The highest BCUT2D eigenvalue weighted by Gasteiger charge is 2.36. The zero-order valence-corrected chi connectivity index (χ0v) is 20.3. The van der Waals surface area contributed by atoms with Crippen molar-refractivity contribution in [3.63, 3.8) is 0 Å². The van der Waals surface area contributed by atoms with Crippen LogP contribution in [-0.2, 0) is 11.0 Å². The molecule has 0 saturated heterocycles. The fourth-order valence-electron chi connectivity index (χ4n) is 4.30. The number of nitrogens with one attached hydrogen (secondary N) is 1. The summed E-state index contributed by atoms with van der Waals surface area (Å²) in [6.45, 7) is 6.72. The third-order valence-corrected chi connectivity index (χ3v) is 6.60. The summed E-state index contributed by atoms with van der Waals surface area (Å²) in [7, 11) is 0. The minimum atomic E-state index is -4.64. The fraction of sp³-hybridized carbons (Fsp3) is 0.609. The molecule has 1 aliphatic rings. The van der Waals surface area contributed by atoms with Crippen LogP contribution in [0, 0.1) is 5.92 Å². The Kier molecular flexibility index (Phi) is 8.40. The molecule has 1 aromatic heterocycles. The number of rotatable bonds is 9. The molecule has 1 atom stereocenters. The third kappa shape index (κ3) is 6.82. The van der Waals surface area contributed by atoms with Crippen molar-refractivity contribution in [3.8, 4) is 0 Å². The van der Waals surface area contributed by atoms with E-state index in [9.17, 15) is 28.2 Å². The molecule has 0 bridgehead atoms. The maximum atomic E-state index is 13.0. The van der Waals surface area contributed by atoms with Crippen molar-refractivity contribution in [1.82, 2.24) is 9.36 Å². The second kappa shape index (κ2) is 10.9. The van der Waals surface area contributed by atoms with Crippen LogP contribution in [0.25, 0.3) is 0 Å². The predicted octanol–water partition coefficient (Wildman–Crippen LogP) is 5.64. The lowest BCUT2D eigenvalue weighted by atomic mass is 9.90. The summed E-state index contributed by atoms with van der Waals surface area (Å²) in [5, 5.41) is 22.2. The lowest BCUT2D eigenvalue weighted by Gasteiger charge is -2.39. The number of alkyl halides is 3. The smallest absolute Gasteiger partial charge is 0.452 e. The predicted molar refractivity (Wildman–Crippen MR) is 126 cm³/mol. The van der Waals surface area contributed by atoms with Crippen LogP contribution in [0.1, 0.15) is 70.2 Å². The van der Waals surface area contributed by atoms with Crippen LogP contribution in [0.5, 0.6) is 0 Å². The number of anilines is 3. The summed E-state index contributed by atoms with van der Waals surface area (Å²) < 4.78 is 42.5. The van der Waals surface area contributed by atoms with Gasteiger partial charge in [-0.15, -0.1) is 0 Å². The molecule has 11 heteroatoms. The lowest BCUT2D eigenvalue weighted by Crippen LogP contribution is -2.41. The second-order valence-corrected chi connectivity index (χ2v) is 10.1. The van der Waals surface area contributed by atoms with Crippen LogP contribution in [0.4, 0.5) is 29.7 Å². The third-order valence-electron chi connectivity index (χ3n) is 5.97. The van der Waals surface area contributed by atoms with Gasteiger partial charge in [-0.25, -0.2) is 0 Å². The van der Waals surface area contributed by atoms with E-state index in [2.05, 4.69) is 33.4 Å². The minimum absolute atomic E-state index is 0.0141. The van der Waals surface area contributed by atoms with Crippen LogP contribution in [0.2, 0.25) is 0 Å². The molecular weight excluding hydrogens is 469 g/mol. The van der Waals surface area contributed by atoms with Crippen LogP contribution in [-0.4, -0.2) is 44.2 Å². The van der Waals surface area contributed by atoms with E-state index in [0.717, 1.165) is 30.6 Å². The highest BCUT2D eigenvalue weighted by atomic mass is 32.1. The molecule has 0 radical (unpaired) electrons. The normalized spacial score (nSPS) is 19.8. The van der Waals surface area contributed by atoms with Crippen LogP contribution in [0.15, 0.2) is 18.2 Å². The number of carbonyl (C=O) groups is 1. The van der Waals surface area contributed by atoms with Gasteiger partial charge in [0.05, 0.1) is 23.9 Å². The van der Waals surface area contributed by atoms with Gasteiger partial charge < -0.3 is 20.4 Å². The molecule has 1 heterocycles. The summed E-state index contributed by atoms with van der Waals surface area (Å²) in [6.07, 6.45) is -2.00. The Balaban J connectivity index is 2.00. The van der Waals surface area contributed by atoms with Gasteiger partial charge >= 0.3 is 12.1 Å². The fourth-order valence-corrected chi connectivity index (χ4v) is 4.90. The first-order valence-corrected chi connectivity index (χ1v) is 12.2. The van der Waals surface area contributed by atoms with E-state index in [1.807, 2.05) is 12.1 Å². The molecule has 1 aromatic carbocycles. The first-order chi connectivity index (χ1) is 15.9. The van der Waals surface area contributed by atoms with E-state index in [4.69, 9.17) is 0 Å². The van der Waals surface area contributed by atoms with Gasteiger partial charge in [-0.1, -0.05) is 26.8 Å². The van der Waals surface area contributed by atoms with Crippen LogP contribution in [0.3, 0.4) is 0 Å². The molecule has 0 unspecified atom stereocenters. The van der Waals surface area contributed by atoms with E-state index in [-0.39, 0.29) is 29.6 Å². The standard InChI is InChI=1S/C23H31F3N4O3S/c1-13(2)12-30(16-5-7-17(31)8-6-16)19-9-4-15(14(3)10-20(32)33)11-18(19)27-22-28-21(29-34-22)23(24,25)26/h4,9,11,13-14,16-17,31H,5-8,10,12H2,1-3H3,(H,32,33)(H,27,28,29)/t14-,16?,17?/m1/s1. The minimum Gasteiger partial charge on any atom is -0.481 e. The van der Waals surface area contributed by atoms with E-state index in [1.54, 1.807) is 13.0 Å². The highest BCUT2D eigenvalue weighted by molar-refractivity contribution is 7.09. The van der Waals surface area contributed by atoms with Gasteiger partial charge in [-0.2, -0.15) is 22.5 Å². The van der Waals surface area contributed by atoms with Gasteiger partial charge in [0.2, 0.25) is 11.0 Å². The molecule has 0 spiro atoms. The Bertz CT molecular complexity index is 975. The van der Waals surface area contributed by atoms with Gasteiger partial charge in [-0.3, -0.25) is 4.79 Å². The number of aliphatic hydroxyl groups excluding tert-OH is 1. The molecule has 0 amide bonds. The lowest BCUT2D eigenvalue weighted by molar-refractivity contribution is -0.144. The average Bonchev–Trinajstić information content (AvgIpc) is 3.21. The number of aromatic nitrogens is 2. The number of nitrogens with zero attached hydrogens (tertiary/aromatic N) is 3. The first kappa shape index (κ1) is 26.2. The quantitative estimate of drug-likeness (QED) is 0.410. The molecule has 1 saturated carbocycles. The first-order valence-electron chi connectivity index (χ1n) is 11.4. The van der Waals surface area contributed by atoms with Gasteiger partial charge in [0.25, 0.3) is 0 Å². The van der Waals surface area contributed by atoms with Crippen molar-refractivity contribution in [1.29, 1.82) is 0 Å². The maximum Gasteiger partial charge on any atom is 0.452 e. The molecule has 7 nitrogen and oxygen atoms in total. The van der Waals surface area contributed by atoms with E-state index >= 15 is 0 Å². The molecule has 3 rings (SSSR count). The number of aliphatic carboxylic acids is 1. The molecule has 0 aliphatic heterocycles. The zero-order valence-electron chi connectivity index (χ0n) is 19.5. The maximum absolute atomic E-state index is 13.0. The number of carboxylic acid groups (broad SMARTS) is 1. The highest BCUT2D eigenvalue weighted by Crippen LogP contribution is 2.38. The molecule has 1 fully saturated rings. The number of halogens is 3. The zero-order chi connectivity index (χ0) is 25.0. The van der Waals surface area contributed by atoms with Gasteiger partial charge in [0.15, 0.2) is 0 Å². The Morgan fingerprint density at radius 3 is 2.47 bits per heavy atom. The van der Waals surface area contributed by atoms with Crippen molar-refractivity contribution >= 4 is 34.0 Å². The van der Waals surface area contributed by atoms with Crippen molar-refractivity contribution < 1.29 is 28.2 Å². The van der Waals surface area contributed by atoms with Crippen molar-refractivity contribution in [2.75, 3.05) is 16.8 Å². The Labute approximate surface area is 201 Å². The van der Waals surface area contributed by atoms with Crippen molar-refractivity contribution in [3.05, 3.63) is 29.6 Å². The molecule has 2 aromatic rings. The van der Waals surface area contributed by atoms with Gasteiger partial charge in [0.1, 0.15) is 0 Å². The molecule has 1 aliphatic carbocycles. The Morgan fingerprint density at radius 1 is 1.24 bits per heavy atom. The summed E-state index contributed by atoms with van der Waals surface area (Å²) in [4.78, 5) is 17.1. The van der Waals surface area contributed by atoms with Gasteiger partial charge in [0, 0.05) is 24.1 Å². The number of aliphatic hydroxyl groups is 1. The average molecular weight is 501 g/mol. The number of hydrogen-bond acceptors (Lipinski definition) is 7. The van der Waals surface area contributed by atoms with Gasteiger partial charge in [-0.05, 0) is 55.2 Å². The molecular formula is C23H31F3N4O3S. The largest absolute Gasteiger partial charge is 0.481 e. The topological polar surface area (TPSA) is 98.6 Å². The molecule has 3 N–H and O–H groups in total. The molecule has 188 valence electrons. The van der Waals surface area contributed by atoms with Crippen LogP contribution < -0.4 is 10.2 Å². The Morgan fingerprint density at radius 2 is 1.91 bits per heavy atom. The van der Waals surface area contributed by atoms with E-state index in [0.29, 0.717) is 36.0 Å². The van der Waals surface area contributed by atoms with Crippen LogP contribution >= 0.6 is 11.5 Å². The summed E-state index contributed by atoms with van der Waals surface area (Å²) >= 11 is 0.628.